The maximum Gasteiger partial charge on any atom is 0.407 e. The number of carbonyl (C=O) groups excluding carboxylic acids is 1. The van der Waals surface area contributed by atoms with Gasteiger partial charge in [0.1, 0.15) is 5.75 Å². The third-order valence-electron chi connectivity index (χ3n) is 1.87. The number of hydrogen-bond donors (Lipinski definition) is 3. The summed E-state index contributed by atoms with van der Waals surface area (Å²) >= 11 is 0. The van der Waals surface area contributed by atoms with Crippen molar-refractivity contribution in [1.82, 2.24) is 5.32 Å². The Morgan fingerprint density at radius 3 is 2.88 bits per heavy atom. The lowest BCUT2D eigenvalue weighted by Gasteiger charge is -2.10. The van der Waals surface area contributed by atoms with Crippen molar-refractivity contribution in [2.45, 2.75) is 26.5 Å². The van der Waals surface area contributed by atoms with Gasteiger partial charge in [0.25, 0.3) is 0 Å². The maximum absolute atomic E-state index is 11.2. The number of amides is 1. The van der Waals surface area contributed by atoms with Crippen LogP contribution >= 0.6 is 0 Å². The molecule has 16 heavy (non-hydrogen) atoms. The van der Waals surface area contributed by atoms with Crippen LogP contribution in [-0.4, -0.2) is 17.3 Å². The second kappa shape index (κ2) is 5.25. The number of benzene rings is 1. The third-order valence-corrected chi connectivity index (χ3v) is 1.87. The Labute approximate surface area is 94.2 Å². The standard InChI is InChI=1S/C11H16N2O3/c1-7(2)16-11(15)13-6-8-5-9(12)3-4-10(8)14/h3-5,7,14H,6,12H2,1-2H3,(H,13,15). The van der Waals surface area contributed by atoms with Crippen LogP contribution in [0, 0.1) is 0 Å². The van der Waals surface area contributed by atoms with Gasteiger partial charge >= 0.3 is 6.09 Å². The zero-order chi connectivity index (χ0) is 12.1. The number of anilines is 1. The molecule has 1 aromatic rings. The number of alkyl carbamates (subject to hydrolysis) is 1. The van der Waals surface area contributed by atoms with Crippen molar-refractivity contribution in [2.24, 2.45) is 0 Å². The SMILES string of the molecule is CC(C)OC(=O)NCc1cc(N)ccc1O. The molecule has 0 heterocycles. The summed E-state index contributed by atoms with van der Waals surface area (Å²) < 4.78 is 4.88. The number of phenols is 1. The monoisotopic (exact) mass is 224 g/mol. The Morgan fingerprint density at radius 1 is 1.56 bits per heavy atom. The van der Waals surface area contributed by atoms with Crippen LogP contribution in [-0.2, 0) is 11.3 Å². The molecule has 0 aromatic heterocycles. The number of nitrogens with one attached hydrogen (secondary N) is 1. The van der Waals surface area contributed by atoms with Gasteiger partial charge in [-0.2, -0.15) is 0 Å². The zero-order valence-electron chi connectivity index (χ0n) is 9.36. The van der Waals surface area contributed by atoms with E-state index in [0.717, 1.165) is 0 Å². The van der Waals surface area contributed by atoms with Crippen LogP contribution in [0.2, 0.25) is 0 Å². The van der Waals surface area contributed by atoms with Crippen LogP contribution in [0.4, 0.5) is 10.5 Å². The highest BCUT2D eigenvalue weighted by molar-refractivity contribution is 5.67. The average molecular weight is 224 g/mol. The Morgan fingerprint density at radius 2 is 2.25 bits per heavy atom. The molecule has 0 saturated heterocycles. The molecule has 88 valence electrons. The number of hydrogen-bond acceptors (Lipinski definition) is 4. The molecule has 0 unspecified atom stereocenters. The van der Waals surface area contributed by atoms with Crippen LogP contribution in [0.25, 0.3) is 0 Å². The molecule has 0 spiro atoms. The molecule has 0 aliphatic heterocycles. The molecule has 1 aromatic carbocycles. The second-order valence-corrected chi connectivity index (χ2v) is 3.70. The number of phenolic OH excluding ortho intramolecular Hbond substituents is 1. The molecule has 4 N–H and O–H groups in total. The van der Waals surface area contributed by atoms with Crippen LogP contribution in [0.15, 0.2) is 18.2 Å². The van der Waals surface area contributed by atoms with Gasteiger partial charge in [-0.05, 0) is 32.0 Å². The minimum absolute atomic E-state index is 0.0963. The summed E-state index contributed by atoms with van der Waals surface area (Å²) in [4.78, 5) is 11.2. The molecule has 0 bridgehead atoms. The summed E-state index contributed by atoms with van der Waals surface area (Å²) in [5, 5.41) is 12.0. The van der Waals surface area contributed by atoms with Gasteiger partial charge in [-0.1, -0.05) is 0 Å². The van der Waals surface area contributed by atoms with Crippen molar-refractivity contribution < 1.29 is 14.6 Å². The van der Waals surface area contributed by atoms with E-state index in [-0.39, 0.29) is 18.4 Å². The van der Waals surface area contributed by atoms with E-state index in [1.807, 2.05) is 0 Å². The fourth-order valence-electron chi connectivity index (χ4n) is 1.17. The van der Waals surface area contributed by atoms with E-state index in [4.69, 9.17) is 10.5 Å². The Balaban J connectivity index is 2.54. The predicted molar refractivity (Wildman–Crippen MR) is 61.0 cm³/mol. The number of nitrogen functional groups attached to an aromatic ring is 1. The molecular formula is C11H16N2O3. The highest BCUT2D eigenvalue weighted by atomic mass is 16.6. The molecule has 0 aliphatic rings. The van der Waals surface area contributed by atoms with E-state index >= 15 is 0 Å². The summed E-state index contributed by atoms with van der Waals surface area (Å²) in [6.07, 6.45) is -0.689. The normalized spacial score (nSPS) is 10.2. The van der Waals surface area contributed by atoms with Gasteiger partial charge in [-0.15, -0.1) is 0 Å². The molecule has 0 aliphatic carbocycles. The first-order valence-electron chi connectivity index (χ1n) is 5.01. The quantitative estimate of drug-likeness (QED) is 0.538. The van der Waals surface area contributed by atoms with Crippen molar-refractivity contribution in [3.63, 3.8) is 0 Å². The van der Waals surface area contributed by atoms with E-state index in [1.165, 1.54) is 6.07 Å². The first-order valence-corrected chi connectivity index (χ1v) is 5.01. The molecular weight excluding hydrogens is 208 g/mol. The fraction of sp³-hybridized carbons (Fsp3) is 0.364. The van der Waals surface area contributed by atoms with E-state index in [1.54, 1.807) is 26.0 Å². The molecule has 0 radical (unpaired) electrons. The Bertz CT molecular complexity index is 377. The van der Waals surface area contributed by atoms with E-state index in [0.29, 0.717) is 11.3 Å². The van der Waals surface area contributed by atoms with E-state index < -0.39 is 6.09 Å². The van der Waals surface area contributed by atoms with Crippen molar-refractivity contribution in [1.29, 1.82) is 0 Å². The zero-order valence-corrected chi connectivity index (χ0v) is 9.36. The van der Waals surface area contributed by atoms with Gasteiger partial charge < -0.3 is 20.9 Å². The highest BCUT2D eigenvalue weighted by Gasteiger charge is 2.06. The molecule has 1 amide bonds. The van der Waals surface area contributed by atoms with Gasteiger partial charge in [0.15, 0.2) is 0 Å². The Hall–Kier alpha value is -1.91. The fourth-order valence-corrected chi connectivity index (χ4v) is 1.17. The number of ether oxygens (including phenoxy) is 1. The smallest absolute Gasteiger partial charge is 0.407 e. The molecule has 0 fully saturated rings. The lowest BCUT2D eigenvalue weighted by molar-refractivity contribution is 0.115. The van der Waals surface area contributed by atoms with Crippen molar-refractivity contribution in [3.8, 4) is 5.75 Å². The summed E-state index contributed by atoms with van der Waals surface area (Å²) in [5.41, 5.74) is 6.65. The topological polar surface area (TPSA) is 84.6 Å². The van der Waals surface area contributed by atoms with Gasteiger partial charge in [0.05, 0.1) is 6.10 Å². The van der Waals surface area contributed by atoms with Crippen molar-refractivity contribution in [2.75, 3.05) is 5.73 Å². The second-order valence-electron chi connectivity index (χ2n) is 3.70. The minimum Gasteiger partial charge on any atom is -0.508 e. The van der Waals surface area contributed by atoms with E-state index in [9.17, 15) is 9.90 Å². The average Bonchev–Trinajstić information content (AvgIpc) is 2.18. The summed E-state index contributed by atoms with van der Waals surface area (Å²) in [7, 11) is 0. The van der Waals surface area contributed by atoms with Crippen molar-refractivity contribution >= 4 is 11.8 Å². The van der Waals surface area contributed by atoms with E-state index in [2.05, 4.69) is 5.32 Å². The predicted octanol–water partition coefficient (Wildman–Crippen LogP) is 1.61. The maximum atomic E-state index is 11.2. The minimum atomic E-state index is -0.517. The molecule has 0 saturated carbocycles. The van der Waals surface area contributed by atoms with Crippen LogP contribution in [0.5, 0.6) is 5.75 Å². The number of aromatic hydroxyl groups is 1. The number of nitrogens with two attached hydrogens (primary N) is 1. The van der Waals surface area contributed by atoms with Gasteiger partial charge in [-0.25, -0.2) is 4.79 Å². The number of rotatable bonds is 3. The van der Waals surface area contributed by atoms with Crippen LogP contribution in [0.1, 0.15) is 19.4 Å². The van der Waals surface area contributed by atoms with Crippen molar-refractivity contribution in [3.05, 3.63) is 23.8 Å². The summed E-state index contributed by atoms with van der Waals surface area (Å²) in [6.45, 7) is 3.71. The van der Waals surface area contributed by atoms with Gasteiger partial charge in [0.2, 0.25) is 0 Å². The number of carbonyl (C=O) groups is 1. The summed E-state index contributed by atoms with van der Waals surface area (Å²) in [6, 6.07) is 4.68. The molecule has 0 atom stereocenters. The van der Waals surface area contributed by atoms with Gasteiger partial charge in [0, 0.05) is 17.8 Å². The molecule has 1 rings (SSSR count). The van der Waals surface area contributed by atoms with Crippen LogP contribution < -0.4 is 11.1 Å². The first-order chi connectivity index (χ1) is 7.49. The lowest BCUT2D eigenvalue weighted by atomic mass is 10.2. The Kier molecular flexibility index (Phi) is 3.99. The third kappa shape index (κ3) is 3.68. The first kappa shape index (κ1) is 12.2. The lowest BCUT2D eigenvalue weighted by Crippen LogP contribution is -2.26. The summed E-state index contributed by atoms with van der Waals surface area (Å²) in [5.74, 6) is 0.0963. The van der Waals surface area contributed by atoms with Gasteiger partial charge in [-0.3, -0.25) is 0 Å². The largest absolute Gasteiger partial charge is 0.508 e. The van der Waals surface area contributed by atoms with Crippen LogP contribution in [0.3, 0.4) is 0 Å². The molecule has 5 nitrogen and oxygen atoms in total. The molecule has 5 heteroatoms. The highest BCUT2D eigenvalue weighted by Crippen LogP contribution is 2.19.